The molecule has 0 amide bonds. The Kier molecular flexibility index (Phi) is 6.97. The second-order valence-corrected chi connectivity index (χ2v) is 9.43. The molecule has 0 heterocycles. The van der Waals surface area contributed by atoms with E-state index in [0.717, 1.165) is 0 Å². The summed E-state index contributed by atoms with van der Waals surface area (Å²) >= 11 is 12.8. The summed E-state index contributed by atoms with van der Waals surface area (Å²) in [5.74, 6) is -3.01. The molecule has 0 atom stereocenters. The Balaban J connectivity index is 2.10. The van der Waals surface area contributed by atoms with Crippen LogP contribution in [0.3, 0.4) is 0 Å². The third-order valence-corrected chi connectivity index (χ3v) is 7.42. The van der Waals surface area contributed by atoms with Gasteiger partial charge in [0.05, 0.1) is 0 Å². The first-order chi connectivity index (χ1) is 16.7. The average Bonchev–Trinajstić information content (AvgIpc) is 3.38. The van der Waals surface area contributed by atoms with E-state index in [1.807, 2.05) is 0 Å². The zero-order chi connectivity index (χ0) is 25.3. The second-order valence-electron chi connectivity index (χ2n) is 8.62. The minimum atomic E-state index is -1.88. The van der Waals surface area contributed by atoms with E-state index < -0.39 is 23.8 Å². The maximum Gasteiger partial charge on any atom is 0.318 e. The van der Waals surface area contributed by atoms with Crippen molar-refractivity contribution in [2.24, 2.45) is 5.41 Å². The van der Waals surface area contributed by atoms with Gasteiger partial charge in [-0.15, -0.1) is 0 Å². The van der Waals surface area contributed by atoms with Gasteiger partial charge in [-0.2, -0.15) is 0 Å². The monoisotopic (exact) mass is 512 g/mol. The minimum absolute atomic E-state index is 0.0701. The molecule has 0 radical (unpaired) electrons. The Morgan fingerprint density at radius 3 is 1.54 bits per heavy atom. The maximum absolute atomic E-state index is 13.2. The largest absolute Gasteiger partial charge is 0.481 e. The minimum Gasteiger partial charge on any atom is -0.481 e. The third kappa shape index (κ3) is 4.32. The molecule has 0 saturated carbocycles. The number of carbonyl (C=O) groups excluding carboxylic acids is 2. The molecule has 2 aromatic rings. The number of ketones is 2. The van der Waals surface area contributed by atoms with E-state index in [9.17, 15) is 29.4 Å². The molecule has 0 unspecified atom stereocenters. The van der Waals surface area contributed by atoms with Gasteiger partial charge in [-0.3, -0.25) is 19.2 Å². The Bertz CT molecular complexity index is 1240. The zero-order valence-corrected chi connectivity index (χ0v) is 20.2. The topological polar surface area (TPSA) is 109 Å². The van der Waals surface area contributed by atoms with Gasteiger partial charge in [-0.1, -0.05) is 59.6 Å². The molecule has 2 N–H and O–H groups in total. The molecule has 4 rings (SSSR count). The van der Waals surface area contributed by atoms with Crippen LogP contribution in [0.4, 0.5) is 0 Å². The molecular weight excluding hydrogens is 491 g/mol. The summed E-state index contributed by atoms with van der Waals surface area (Å²) < 4.78 is 0. The van der Waals surface area contributed by atoms with Crippen molar-refractivity contribution >= 4 is 57.9 Å². The summed E-state index contributed by atoms with van der Waals surface area (Å²) in [6.45, 7) is 0. The van der Waals surface area contributed by atoms with Crippen LogP contribution in [0.25, 0.3) is 11.1 Å². The van der Waals surface area contributed by atoms with E-state index in [1.54, 1.807) is 48.5 Å². The number of aliphatic carboxylic acids is 2. The molecular formula is C27H22Cl2O6. The summed E-state index contributed by atoms with van der Waals surface area (Å²) in [6.07, 6.45) is -0.392. The standard InChI is InChI=1S/C27H22Cl2O6/c28-19-7-3-1-5-15(19)24-17(9-11-21(24)30)27(26(34)35,14-13-23(32)33)18-10-12-22(31)25(18)16-6-2-4-8-20(16)29/h1-8H,9-14H2,(H,32,33)(H,34,35). The smallest absolute Gasteiger partial charge is 0.318 e. The molecule has 2 aromatic carbocycles. The van der Waals surface area contributed by atoms with Crippen molar-refractivity contribution in [3.05, 3.63) is 80.8 Å². The van der Waals surface area contributed by atoms with Crippen LogP contribution in [0, 0.1) is 5.41 Å². The molecule has 6 nitrogen and oxygen atoms in total. The molecule has 180 valence electrons. The number of carboxylic acids is 2. The Morgan fingerprint density at radius 1 is 0.743 bits per heavy atom. The highest BCUT2D eigenvalue weighted by Gasteiger charge is 2.52. The molecule has 0 fully saturated rings. The quantitative estimate of drug-likeness (QED) is 0.458. The number of carboxylic acid groups (broad SMARTS) is 2. The van der Waals surface area contributed by atoms with Gasteiger partial charge in [-0.25, -0.2) is 0 Å². The van der Waals surface area contributed by atoms with Gasteiger partial charge in [0, 0.05) is 51.6 Å². The lowest BCUT2D eigenvalue weighted by Gasteiger charge is -2.34. The van der Waals surface area contributed by atoms with Crippen LogP contribution in [0.5, 0.6) is 0 Å². The lowest BCUT2D eigenvalue weighted by atomic mass is 9.66. The van der Waals surface area contributed by atoms with Gasteiger partial charge in [0.1, 0.15) is 5.41 Å². The second kappa shape index (κ2) is 9.80. The van der Waals surface area contributed by atoms with Gasteiger partial charge in [-0.05, 0) is 42.5 Å². The van der Waals surface area contributed by atoms with E-state index in [-0.39, 0.29) is 64.9 Å². The average molecular weight is 513 g/mol. The molecule has 35 heavy (non-hydrogen) atoms. The van der Waals surface area contributed by atoms with Gasteiger partial charge < -0.3 is 10.2 Å². The van der Waals surface area contributed by atoms with E-state index in [0.29, 0.717) is 22.3 Å². The predicted octanol–water partition coefficient (Wildman–Crippen LogP) is 5.86. The SMILES string of the molecule is O=C(O)CCC(C(=O)O)(C1=C(c2ccccc2Cl)C(=O)CC1)C1=C(c2ccccc2Cl)C(=O)CC1. The highest BCUT2D eigenvalue weighted by molar-refractivity contribution is 6.37. The number of allylic oxidation sites excluding steroid dienone is 2. The van der Waals surface area contributed by atoms with Crippen LogP contribution in [0.2, 0.25) is 10.0 Å². The van der Waals surface area contributed by atoms with E-state index >= 15 is 0 Å². The van der Waals surface area contributed by atoms with Gasteiger partial charge in [0.2, 0.25) is 0 Å². The molecule has 0 bridgehead atoms. The number of benzene rings is 2. The van der Waals surface area contributed by atoms with Gasteiger partial charge in [0.15, 0.2) is 11.6 Å². The van der Waals surface area contributed by atoms with E-state index in [4.69, 9.17) is 23.2 Å². The summed E-state index contributed by atoms with van der Waals surface area (Å²) in [4.78, 5) is 51.0. The first-order valence-corrected chi connectivity index (χ1v) is 11.9. The van der Waals surface area contributed by atoms with Crippen molar-refractivity contribution in [1.29, 1.82) is 0 Å². The van der Waals surface area contributed by atoms with Crippen molar-refractivity contribution < 1.29 is 29.4 Å². The fourth-order valence-electron chi connectivity index (χ4n) is 5.26. The van der Waals surface area contributed by atoms with Crippen LogP contribution in [-0.4, -0.2) is 33.7 Å². The Hall–Kier alpha value is -3.22. The fraction of sp³-hybridized carbons (Fsp3) is 0.259. The number of Topliss-reactive ketones (excluding diaryl/α,β-unsaturated/α-hetero) is 2. The van der Waals surface area contributed by atoms with Crippen LogP contribution < -0.4 is 0 Å². The first kappa shape index (κ1) is 24.9. The highest BCUT2D eigenvalue weighted by atomic mass is 35.5. The third-order valence-electron chi connectivity index (χ3n) is 6.76. The number of hydrogen-bond donors (Lipinski definition) is 2. The van der Waals surface area contributed by atoms with Gasteiger partial charge >= 0.3 is 11.9 Å². The summed E-state index contributed by atoms with van der Waals surface area (Å²) in [5.41, 5.74) is -0.118. The Morgan fingerprint density at radius 2 is 1.17 bits per heavy atom. The number of rotatable bonds is 8. The summed E-state index contributed by atoms with van der Waals surface area (Å²) in [6, 6.07) is 13.3. The Labute approximate surface area is 211 Å². The summed E-state index contributed by atoms with van der Waals surface area (Å²) in [7, 11) is 0. The van der Waals surface area contributed by atoms with Crippen molar-refractivity contribution in [3.8, 4) is 0 Å². The van der Waals surface area contributed by atoms with Crippen molar-refractivity contribution in [2.45, 2.75) is 38.5 Å². The highest BCUT2D eigenvalue weighted by Crippen LogP contribution is 2.55. The van der Waals surface area contributed by atoms with Crippen LogP contribution in [-0.2, 0) is 19.2 Å². The molecule has 0 saturated heterocycles. The van der Waals surface area contributed by atoms with Crippen molar-refractivity contribution in [3.63, 3.8) is 0 Å². The fourth-order valence-corrected chi connectivity index (χ4v) is 5.72. The van der Waals surface area contributed by atoms with Crippen molar-refractivity contribution in [1.82, 2.24) is 0 Å². The maximum atomic E-state index is 13.2. The number of halogens is 2. The molecule has 2 aliphatic rings. The zero-order valence-electron chi connectivity index (χ0n) is 18.6. The predicted molar refractivity (Wildman–Crippen MR) is 132 cm³/mol. The first-order valence-electron chi connectivity index (χ1n) is 11.2. The normalized spacial score (nSPS) is 16.4. The van der Waals surface area contributed by atoms with Crippen LogP contribution >= 0.6 is 23.2 Å². The van der Waals surface area contributed by atoms with E-state index in [2.05, 4.69) is 0 Å². The lowest BCUT2D eigenvalue weighted by Crippen LogP contribution is -2.36. The number of carbonyl (C=O) groups is 4. The molecule has 8 heteroatoms. The molecule has 0 aliphatic heterocycles. The molecule has 0 spiro atoms. The number of hydrogen-bond acceptors (Lipinski definition) is 4. The summed E-state index contributed by atoms with van der Waals surface area (Å²) in [5, 5.41) is 20.8. The van der Waals surface area contributed by atoms with Crippen LogP contribution in [0.1, 0.15) is 49.7 Å². The van der Waals surface area contributed by atoms with E-state index in [1.165, 1.54) is 0 Å². The molecule has 0 aromatic heterocycles. The van der Waals surface area contributed by atoms with Gasteiger partial charge in [0.25, 0.3) is 0 Å². The van der Waals surface area contributed by atoms with Crippen molar-refractivity contribution in [2.75, 3.05) is 0 Å². The lowest BCUT2D eigenvalue weighted by molar-refractivity contribution is -0.146. The molecule has 2 aliphatic carbocycles. The van der Waals surface area contributed by atoms with Crippen LogP contribution in [0.15, 0.2) is 59.7 Å².